The number of carbonyl (C=O) groups is 1. The highest BCUT2D eigenvalue weighted by atomic mass is 16.6. The number of hydrogen-bond acceptors (Lipinski definition) is 3. The van der Waals surface area contributed by atoms with Gasteiger partial charge in [-0.3, -0.25) is 4.79 Å². The molecule has 0 aromatic rings. The van der Waals surface area contributed by atoms with Gasteiger partial charge in [0.15, 0.2) is 0 Å². The van der Waals surface area contributed by atoms with E-state index in [9.17, 15) is 4.79 Å². The summed E-state index contributed by atoms with van der Waals surface area (Å²) in [6, 6.07) is 0. The highest BCUT2D eigenvalue weighted by Gasteiger charge is 2.62. The maximum atomic E-state index is 11.6. The molecule has 2 bridgehead atoms. The minimum Gasteiger partial charge on any atom is -0.465 e. The first-order valence-corrected chi connectivity index (χ1v) is 5.05. The van der Waals surface area contributed by atoms with Crippen molar-refractivity contribution in [2.45, 2.75) is 38.4 Å². The quantitative estimate of drug-likeness (QED) is 0.526. The molecular weight excluding hydrogens is 168 g/mol. The number of hydrogen-bond donors (Lipinski definition) is 0. The molecule has 0 aromatic carbocycles. The number of ether oxygens (including phenoxy) is 2. The number of carbonyl (C=O) groups excluding carboxylic acids is 1. The van der Waals surface area contributed by atoms with Gasteiger partial charge in [-0.2, -0.15) is 0 Å². The van der Waals surface area contributed by atoms with Crippen LogP contribution in [0.15, 0.2) is 0 Å². The molecule has 72 valence electrons. The minimum atomic E-state index is -0.248. The van der Waals surface area contributed by atoms with Gasteiger partial charge in [-0.15, -0.1) is 0 Å². The van der Waals surface area contributed by atoms with E-state index in [1.807, 2.05) is 0 Å². The summed E-state index contributed by atoms with van der Waals surface area (Å²) in [7, 11) is 0. The van der Waals surface area contributed by atoms with Crippen LogP contribution < -0.4 is 0 Å². The zero-order valence-electron chi connectivity index (χ0n) is 7.79. The second-order valence-corrected chi connectivity index (χ2v) is 4.64. The number of rotatable bonds is 0. The topological polar surface area (TPSA) is 35.5 Å². The first-order chi connectivity index (χ1) is 6.22. The number of esters is 1. The first-order valence-electron chi connectivity index (χ1n) is 5.05. The second kappa shape index (κ2) is 2.27. The fourth-order valence-electron chi connectivity index (χ4n) is 3.28. The van der Waals surface area contributed by atoms with Gasteiger partial charge in [0.2, 0.25) is 0 Å². The SMILES string of the molecule is CC1CC2CC3(CCOC3=O)C1O2. The lowest BCUT2D eigenvalue weighted by Crippen LogP contribution is -2.40. The molecule has 1 spiro atoms. The lowest BCUT2D eigenvalue weighted by atomic mass is 9.69. The Labute approximate surface area is 77.4 Å². The predicted molar refractivity (Wildman–Crippen MR) is 45.1 cm³/mol. The second-order valence-electron chi connectivity index (χ2n) is 4.64. The van der Waals surface area contributed by atoms with Gasteiger partial charge in [0.25, 0.3) is 0 Å². The normalized spacial score (nSPS) is 53.3. The third-order valence-corrected chi connectivity index (χ3v) is 3.81. The molecule has 3 saturated heterocycles. The molecule has 3 heteroatoms. The van der Waals surface area contributed by atoms with Gasteiger partial charge in [-0.05, 0) is 18.8 Å². The summed E-state index contributed by atoms with van der Waals surface area (Å²) in [5.74, 6) is 0.524. The van der Waals surface area contributed by atoms with Crippen molar-refractivity contribution >= 4 is 5.97 Å². The van der Waals surface area contributed by atoms with E-state index in [1.54, 1.807) is 0 Å². The van der Waals surface area contributed by atoms with Gasteiger partial charge in [0.05, 0.1) is 24.2 Å². The molecule has 4 atom stereocenters. The van der Waals surface area contributed by atoms with E-state index in [0.29, 0.717) is 18.6 Å². The van der Waals surface area contributed by atoms with Crippen molar-refractivity contribution in [1.29, 1.82) is 0 Å². The third kappa shape index (κ3) is 0.810. The smallest absolute Gasteiger partial charge is 0.314 e. The van der Waals surface area contributed by atoms with Crippen molar-refractivity contribution in [3.8, 4) is 0 Å². The molecule has 3 rings (SSSR count). The summed E-state index contributed by atoms with van der Waals surface area (Å²) < 4.78 is 10.9. The van der Waals surface area contributed by atoms with Crippen molar-refractivity contribution in [2.75, 3.05) is 6.61 Å². The van der Waals surface area contributed by atoms with Gasteiger partial charge < -0.3 is 9.47 Å². The molecule has 3 aliphatic heterocycles. The molecule has 13 heavy (non-hydrogen) atoms. The lowest BCUT2D eigenvalue weighted by molar-refractivity contribution is -0.149. The molecule has 3 fully saturated rings. The fraction of sp³-hybridized carbons (Fsp3) is 0.900. The van der Waals surface area contributed by atoms with Crippen LogP contribution in [-0.2, 0) is 14.3 Å². The molecule has 0 N–H and O–H groups in total. The van der Waals surface area contributed by atoms with E-state index in [1.165, 1.54) is 0 Å². The average Bonchev–Trinajstić information content (AvgIpc) is 2.69. The molecular formula is C10H14O3. The Bertz CT molecular complexity index is 263. The third-order valence-electron chi connectivity index (χ3n) is 3.81. The van der Waals surface area contributed by atoms with Gasteiger partial charge >= 0.3 is 5.97 Å². The Balaban J connectivity index is 1.97. The molecule has 0 aromatic heterocycles. The van der Waals surface area contributed by atoms with Gasteiger partial charge in [0.1, 0.15) is 0 Å². The van der Waals surface area contributed by atoms with Crippen LogP contribution in [0, 0.1) is 11.3 Å². The molecule has 0 aliphatic carbocycles. The summed E-state index contributed by atoms with van der Waals surface area (Å²) in [5.41, 5.74) is -0.248. The van der Waals surface area contributed by atoms with Crippen LogP contribution in [-0.4, -0.2) is 24.8 Å². The van der Waals surface area contributed by atoms with E-state index in [4.69, 9.17) is 9.47 Å². The minimum absolute atomic E-state index is 0.00782. The van der Waals surface area contributed by atoms with E-state index in [2.05, 4.69) is 6.92 Å². The maximum Gasteiger partial charge on any atom is 0.314 e. The average molecular weight is 182 g/mol. The molecule has 4 unspecified atom stereocenters. The van der Waals surface area contributed by atoms with Gasteiger partial charge in [0, 0.05) is 6.42 Å². The van der Waals surface area contributed by atoms with Crippen LogP contribution >= 0.6 is 0 Å². The van der Waals surface area contributed by atoms with Crippen LogP contribution in [0.25, 0.3) is 0 Å². The van der Waals surface area contributed by atoms with E-state index in [0.717, 1.165) is 19.3 Å². The van der Waals surface area contributed by atoms with Crippen molar-refractivity contribution in [3.05, 3.63) is 0 Å². The largest absolute Gasteiger partial charge is 0.465 e. The molecule has 0 saturated carbocycles. The zero-order valence-corrected chi connectivity index (χ0v) is 7.79. The van der Waals surface area contributed by atoms with E-state index < -0.39 is 0 Å². The summed E-state index contributed by atoms with van der Waals surface area (Å²) in [6.45, 7) is 2.77. The van der Waals surface area contributed by atoms with Crippen LogP contribution in [0.3, 0.4) is 0 Å². The highest BCUT2D eigenvalue weighted by molar-refractivity contribution is 5.80. The fourth-order valence-corrected chi connectivity index (χ4v) is 3.28. The molecule has 3 heterocycles. The Morgan fingerprint density at radius 1 is 1.54 bits per heavy atom. The summed E-state index contributed by atoms with van der Waals surface area (Å²) in [6.07, 6.45) is 3.37. The standard InChI is InChI=1S/C10H14O3/c1-6-4-7-5-10(8(6)13-7)2-3-12-9(10)11/h6-8H,2-5H2,1H3. The molecule has 3 aliphatic rings. The van der Waals surface area contributed by atoms with Crippen LogP contribution in [0.4, 0.5) is 0 Å². The Morgan fingerprint density at radius 2 is 2.38 bits per heavy atom. The monoisotopic (exact) mass is 182 g/mol. The number of cyclic esters (lactones) is 1. The first kappa shape index (κ1) is 7.80. The lowest BCUT2D eigenvalue weighted by Gasteiger charge is -2.30. The zero-order chi connectivity index (χ0) is 9.05. The highest BCUT2D eigenvalue weighted by Crippen LogP contribution is 2.54. The van der Waals surface area contributed by atoms with Crippen LogP contribution in [0.2, 0.25) is 0 Å². The van der Waals surface area contributed by atoms with Crippen molar-refractivity contribution in [1.82, 2.24) is 0 Å². The van der Waals surface area contributed by atoms with Crippen LogP contribution in [0.5, 0.6) is 0 Å². The Hall–Kier alpha value is -0.570. The maximum absolute atomic E-state index is 11.6. The van der Waals surface area contributed by atoms with Gasteiger partial charge in [-0.25, -0.2) is 0 Å². The molecule has 3 nitrogen and oxygen atoms in total. The summed E-state index contributed by atoms with van der Waals surface area (Å²) in [5, 5.41) is 0. The van der Waals surface area contributed by atoms with E-state index in [-0.39, 0.29) is 17.5 Å². The number of fused-ring (bicyclic) bond motifs is 3. The van der Waals surface area contributed by atoms with Crippen molar-refractivity contribution in [3.63, 3.8) is 0 Å². The molecule has 0 amide bonds. The van der Waals surface area contributed by atoms with Gasteiger partial charge in [-0.1, -0.05) is 6.92 Å². The van der Waals surface area contributed by atoms with E-state index >= 15 is 0 Å². The van der Waals surface area contributed by atoms with Crippen molar-refractivity contribution in [2.24, 2.45) is 11.3 Å². The summed E-state index contributed by atoms with van der Waals surface area (Å²) in [4.78, 5) is 11.6. The Morgan fingerprint density at radius 3 is 2.92 bits per heavy atom. The van der Waals surface area contributed by atoms with Crippen molar-refractivity contribution < 1.29 is 14.3 Å². The van der Waals surface area contributed by atoms with Crippen LogP contribution in [0.1, 0.15) is 26.2 Å². The summed E-state index contributed by atoms with van der Waals surface area (Å²) >= 11 is 0. The predicted octanol–water partition coefficient (Wildman–Crippen LogP) is 1.12. The molecule has 0 radical (unpaired) electrons. The Kier molecular flexibility index (Phi) is 1.36.